The molecule has 0 aromatic carbocycles. The van der Waals surface area contributed by atoms with Gasteiger partial charge in [-0.25, -0.2) is 13.1 Å². The van der Waals surface area contributed by atoms with Crippen LogP contribution in [0.1, 0.15) is 25.7 Å². The zero-order chi connectivity index (χ0) is 13.1. The lowest BCUT2D eigenvalue weighted by Gasteiger charge is -2.06. The van der Waals surface area contributed by atoms with Crippen LogP contribution in [0.15, 0.2) is 5.16 Å². The zero-order valence-electron chi connectivity index (χ0n) is 10.1. The number of amidine groups is 1. The van der Waals surface area contributed by atoms with Gasteiger partial charge in [0, 0.05) is 26.7 Å². The molecule has 0 radical (unpaired) electrons. The number of unbranched alkanes of at least 4 members (excludes halogenated alkanes) is 1. The lowest BCUT2D eigenvalue weighted by Crippen LogP contribution is -2.28. The van der Waals surface area contributed by atoms with Gasteiger partial charge in [0.2, 0.25) is 10.0 Å². The molecule has 0 rings (SSSR count). The van der Waals surface area contributed by atoms with Crippen LogP contribution in [0, 0.1) is 0 Å². The maximum Gasteiger partial charge on any atom is 0.211 e. The topological polar surface area (TPSA) is 114 Å². The highest BCUT2D eigenvalue weighted by molar-refractivity contribution is 7.89. The van der Waals surface area contributed by atoms with Gasteiger partial charge in [-0.05, 0) is 19.3 Å². The Balaban J connectivity index is 3.59. The molecule has 0 saturated heterocycles. The fraction of sp³-hybridized carbons (Fsp3) is 0.889. The van der Waals surface area contributed by atoms with Crippen molar-refractivity contribution in [1.82, 2.24) is 4.72 Å². The molecule has 0 aliphatic carbocycles. The lowest BCUT2D eigenvalue weighted by molar-refractivity contribution is 0.199. The van der Waals surface area contributed by atoms with Gasteiger partial charge in [0.25, 0.3) is 0 Å². The van der Waals surface area contributed by atoms with Gasteiger partial charge in [0.1, 0.15) is 5.84 Å². The first-order valence-corrected chi connectivity index (χ1v) is 7.09. The number of hydrogen-bond donors (Lipinski definition) is 3. The Morgan fingerprint density at radius 1 is 1.41 bits per heavy atom. The van der Waals surface area contributed by atoms with Crippen molar-refractivity contribution in [2.45, 2.75) is 25.7 Å². The second-order valence-electron chi connectivity index (χ2n) is 3.61. The molecular formula is C9H21N3O4S. The van der Waals surface area contributed by atoms with E-state index in [9.17, 15) is 8.42 Å². The first-order chi connectivity index (χ1) is 8.02. The Morgan fingerprint density at radius 3 is 2.71 bits per heavy atom. The van der Waals surface area contributed by atoms with E-state index in [2.05, 4.69) is 9.88 Å². The van der Waals surface area contributed by atoms with Gasteiger partial charge in [-0.1, -0.05) is 5.16 Å². The average Bonchev–Trinajstić information content (AvgIpc) is 2.28. The molecule has 8 heteroatoms. The summed E-state index contributed by atoms with van der Waals surface area (Å²) in [4.78, 5) is 0. The monoisotopic (exact) mass is 267 g/mol. The summed E-state index contributed by atoms with van der Waals surface area (Å²) in [6.07, 6.45) is 2.27. The average molecular weight is 267 g/mol. The molecule has 0 amide bonds. The first kappa shape index (κ1) is 16.1. The van der Waals surface area contributed by atoms with Gasteiger partial charge in [0.05, 0.1) is 5.75 Å². The number of nitrogens with one attached hydrogen (secondary N) is 1. The van der Waals surface area contributed by atoms with Crippen LogP contribution < -0.4 is 10.5 Å². The molecular weight excluding hydrogens is 246 g/mol. The molecule has 0 heterocycles. The van der Waals surface area contributed by atoms with E-state index in [-0.39, 0.29) is 11.6 Å². The van der Waals surface area contributed by atoms with Crippen LogP contribution in [0.2, 0.25) is 0 Å². The third-order valence-corrected chi connectivity index (χ3v) is 3.54. The third-order valence-electron chi connectivity index (χ3n) is 2.07. The number of ether oxygens (including phenoxy) is 1. The highest BCUT2D eigenvalue weighted by Crippen LogP contribution is 1.96. The molecule has 0 aliphatic heterocycles. The van der Waals surface area contributed by atoms with E-state index in [4.69, 9.17) is 15.7 Å². The molecule has 0 bridgehead atoms. The number of nitrogens with zero attached hydrogens (tertiary/aromatic N) is 1. The van der Waals surface area contributed by atoms with E-state index >= 15 is 0 Å². The van der Waals surface area contributed by atoms with Gasteiger partial charge in [0.15, 0.2) is 0 Å². The number of sulfonamides is 1. The summed E-state index contributed by atoms with van der Waals surface area (Å²) >= 11 is 0. The molecule has 4 N–H and O–H groups in total. The molecule has 17 heavy (non-hydrogen) atoms. The fourth-order valence-corrected chi connectivity index (χ4v) is 2.27. The second-order valence-corrected chi connectivity index (χ2v) is 5.53. The number of hydrogen-bond acceptors (Lipinski definition) is 5. The van der Waals surface area contributed by atoms with E-state index in [0.717, 1.165) is 0 Å². The summed E-state index contributed by atoms with van der Waals surface area (Å²) in [6, 6.07) is 0. The summed E-state index contributed by atoms with van der Waals surface area (Å²) in [5.74, 6) is 0.231. The Bertz CT molecular complexity index is 316. The number of rotatable bonds is 10. The number of nitrogens with two attached hydrogens (primary N) is 1. The minimum absolute atomic E-state index is 0.0705. The summed E-state index contributed by atoms with van der Waals surface area (Å²) in [7, 11) is -1.67. The maximum atomic E-state index is 11.4. The predicted octanol–water partition coefficient (Wildman–Crippen LogP) is -0.141. The Kier molecular flexibility index (Phi) is 8.73. The highest BCUT2D eigenvalue weighted by Gasteiger charge is 2.08. The van der Waals surface area contributed by atoms with Crippen molar-refractivity contribution >= 4 is 15.9 Å². The molecule has 0 fully saturated rings. The van der Waals surface area contributed by atoms with Crippen LogP contribution in [0.25, 0.3) is 0 Å². The standard InChI is InChI=1S/C9H21N3O4S/c1-16-7-4-8-17(14,15)11-6-3-2-5-9(10)12-13/h11,13H,2-8H2,1H3,(H2,10,12). The first-order valence-electron chi connectivity index (χ1n) is 5.44. The normalized spacial score (nSPS) is 12.9. The van der Waals surface area contributed by atoms with E-state index in [1.54, 1.807) is 0 Å². The van der Waals surface area contributed by atoms with Crippen molar-refractivity contribution in [2.24, 2.45) is 10.9 Å². The van der Waals surface area contributed by atoms with Crippen LogP contribution in [0.5, 0.6) is 0 Å². The summed E-state index contributed by atoms with van der Waals surface area (Å²) in [6.45, 7) is 0.804. The second kappa shape index (κ2) is 9.20. The zero-order valence-corrected chi connectivity index (χ0v) is 10.9. The van der Waals surface area contributed by atoms with Crippen LogP contribution >= 0.6 is 0 Å². The smallest absolute Gasteiger partial charge is 0.211 e. The fourth-order valence-electron chi connectivity index (χ4n) is 1.17. The van der Waals surface area contributed by atoms with Crippen LogP contribution in [0.4, 0.5) is 0 Å². The predicted molar refractivity (Wildman–Crippen MR) is 65.5 cm³/mol. The van der Waals surface area contributed by atoms with Crippen molar-refractivity contribution < 1.29 is 18.4 Å². The summed E-state index contributed by atoms with van der Waals surface area (Å²) in [5, 5.41) is 11.1. The van der Waals surface area contributed by atoms with Crippen molar-refractivity contribution in [2.75, 3.05) is 26.0 Å². The Labute approximate surface area is 102 Å². The van der Waals surface area contributed by atoms with Gasteiger partial charge in [-0.2, -0.15) is 0 Å². The lowest BCUT2D eigenvalue weighted by atomic mass is 10.2. The maximum absolute atomic E-state index is 11.4. The molecule has 0 atom stereocenters. The van der Waals surface area contributed by atoms with E-state index in [1.165, 1.54) is 7.11 Å². The summed E-state index contributed by atoms with van der Waals surface area (Å²) < 4.78 is 30.1. The molecule has 102 valence electrons. The molecule has 0 spiro atoms. The van der Waals surface area contributed by atoms with Gasteiger partial charge in [-0.15, -0.1) is 0 Å². The SMILES string of the molecule is COCCCS(=O)(=O)NCCCCC(N)=NO. The number of oxime groups is 1. The Morgan fingerprint density at radius 2 is 2.12 bits per heavy atom. The van der Waals surface area contributed by atoms with Crippen LogP contribution in [0.3, 0.4) is 0 Å². The highest BCUT2D eigenvalue weighted by atomic mass is 32.2. The van der Waals surface area contributed by atoms with Gasteiger partial charge < -0.3 is 15.7 Å². The van der Waals surface area contributed by atoms with Crippen molar-refractivity contribution in [3.05, 3.63) is 0 Å². The van der Waals surface area contributed by atoms with Crippen LogP contribution in [-0.2, 0) is 14.8 Å². The molecule has 0 saturated carbocycles. The molecule has 0 aromatic heterocycles. The summed E-state index contributed by atoms with van der Waals surface area (Å²) in [5.41, 5.74) is 5.27. The Hall–Kier alpha value is -0.860. The molecule has 7 nitrogen and oxygen atoms in total. The van der Waals surface area contributed by atoms with Gasteiger partial charge >= 0.3 is 0 Å². The van der Waals surface area contributed by atoms with E-state index < -0.39 is 10.0 Å². The quantitative estimate of drug-likeness (QED) is 0.167. The minimum Gasteiger partial charge on any atom is -0.409 e. The third kappa shape index (κ3) is 10.0. The van der Waals surface area contributed by atoms with Crippen molar-refractivity contribution in [3.8, 4) is 0 Å². The van der Waals surface area contributed by atoms with Gasteiger partial charge in [-0.3, -0.25) is 0 Å². The largest absolute Gasteiger partial charge is 0.409 e. The number of methoxy groups -OCH3 is 1. The minimum atomic E-state index is -3.20. The van der Waals surface area contributed by atoms with E-state index in [0.29, 0.717) is 38.8 Å². The molecule has 0 unspecified atom stereocenters. The molecule has 0 aliphatic rings. The van der Waals surface area contributed by atoms with Crippen LogP contribution in [-0.4, -0.2) is 45.5 Å². The van der Waals surface area contributed by atoms with E-state index in [1.807, 2.05) is 0 Å². The van der Waals surface area contributed by atoms with Crippen molar-refractivity contribution in [1.29, 1.82) is 0 Å². The molecule has 0 aromatic rings. The van der Waals surface area contributed by atoms with Crippen molar-refractivity contribution in [3.63, 3.8) is 0 Å².